The van der Waals surface area contributed by atoms with Crippen LogP contribution >= 0.6 is 0 Å². The van der Waals surface area contributed by atoms with Gasteiger partial charge in [-0.1, -0.05) is 12.1 Å². The largest absolute Gasteiger partial charge is 0.378 e. The quantitative estimate of drug-likeness (QED) is 0.527. The zero-order chi connectivity index (χ0) is 24.6. The monoisotopic (exact) mass is 496 g/mol. The minimum Gasteiger partial charge on any atom is -0.378 e. The first kappa shape index (κ1) is 23.3. The van der Waals surface area contributed by atoms with E-state index < -0.39 is 6.43 Å². The lowest BCUT2D eigenvalue weighted by molar-refractivity contribution is -0.0334. The first-order valence-corrected chi connectivity index (χ1v) is 12.7. The second kappa shape index (κ2) is 9.74. The van der Waals surface area contributed by atoms with Crippen LogP contribution in [0.5, 0.6) is 0 Å². The second-order valence-electron chi connectivity index (χ2n) is 9.50. The first-order valence-electron chi connectivity index (χ1n) is 12.7. The molecule has 0 radical (unpaired) electrons. The minimum atomic E-state index is -2.77. The highest BCUT2D eigenvalue weighted by atomic mass is 19.3. The first-order chi connectivity index (χ1) is 17.6. The van der Waals surface area contributed by atoms with Gasteiger partial charge in [-0.25, -0.2) is 23.7 Å². The number of hydrogen-bond acceptors (Lipinski definition) is 6. The summed E-state index contributed by atoms with van der Waals surface area (Å²) in [6.07, 6.45) is 3.45. The number of aromatic nitrogens is 4. The number of para-hydroxylation sites is 2. The molecule has 190 valence electrons. The molecular formula is C26H30F2N6O2. The number of morpholine rings is 1. The number of benzene rings is 1. The zero-order valence-corrected chi connectivity index (χ0v) is 20.4. The maximum Gasteiger partial charge on any atom is 0.296 e. The fourth-order valence-corrected chi connectivity index (χ4v) is 5.36. The molecule has 1 unspecified atom stereocenters. The molecule has 0 saturated carbocycles. The Morgan fingerprint density at radius 1 is 1.06 bits per heavy atom. The van der Waals surface area contributed by atoms with Crippen molar-refractivity contribution >= 4 is 16.9 Å². The van der Waals surface area contributed by atoms with Crippen LogP contribution in [0.25, 0.3) is 11.0 Å². The van der Waals surface area contributed by atoms with Gasteiger partial charge in [-0.3, -0.25) is 4.57 Å². The lowest BCUT2D eigenvalue weighted by Crippen LogP contribution is -2.36. The molecule has 0 amide bonds. The average Bonchev–Trinajstić information content (AvgIpc) is 3.50. The molecule has 8 nitrogen and oxygen atoms in total. The lowest BCUT2D eigenvalue weighted by atomic mass is 10.0. The van der Waals surface area contributed by atoms with Crippen LogP contribution in [0.2, 0.25) is 0 Å². The molecular weight excluding hydrogens is 466 g/mol. The molecule has 2 saturated heterocycles. The Hall–Kier alpha value is -3.11. The number of fused-ring (bicyclic) bond motifs is 2. The van der Waals surface area contributed by atoms with E-state index in [0.717, 1.165) is 42.8 Å². The van der Waals surface area contributed by atoms with Gasteiger partial charge in [0.05, 0.1) is 36.3 Å². The van der Waals surface area contributed by atoms with Crippen LogP contribution in [0, 0.1) is 0 Å². The van der Waals surface area contributed by atoms with Gasteiger partial charge < -0.3 is 18.9 Å². The number of nitrogens with zero attached hydrogens (tertiary/aromatic N) is 6. The lowest BCUT2D eigenvalue weighted by Gasteiger charge is -2.32. The molecule has 10 heteroatoms. The molecule has 36 heavy (non-hydrogen) atoms. The van der Waals surface area contributed by atoms with Crippen molar-refractivity contribution < 1.29 is 18.3 Å². The van der Waals surface area contributed by atoms with E-state index in [0.29, 0.717) is 61.9 Å². The number of hydrogen-bond donors (Lipinski definition) is 0. The molecule has 1 atom stereocenters. The van der Waals surface area contributed by atoms with E-state index >= 15 is 0 Å². The third-order valence-electron chi connectivity index (χ3n) is 7.21. The van der Waals surface area contributed by atoms with Crippen molar-refractivity contribution in [3.05, 3.63) is 59.2 Å². The van der Waals surface area contributed by atoms with E-state index in [1.165, 1.54) is 4.57 Å². The molecule has 3 aliphatic rings. The Bertz CT molecular complexity index is 1320. The summed E-state index contributed by atoms with van der Waals surface area (Å²) in [5, 5.41) is 0. The van der Waals surface area contributed by atoms with Gasteiger partial charge in [-0.2, -0.15) is 0 Å². The van der Waals surface area contributed by atoms with Crippen molar-refractivity contribution in [3.8, 4) is 0 Å². The van der Waals surface area contributed by atoms with E-state index in [4.69, 9.17) is 19.5 Å². The summed E-state index contributed by atoms with van der Waals surface area (Å²) in [5.74, 6) is 0.855. The van der Waals surface area contributed by atoms with Crippen LogP contribution in [-0.4, -0.2) is 62.7 Å². The average molecular weight is 497 g/mol. The van der Waals surface area contributed by atoms with E-state index in [1.54, 1.807) is 24.5 Å². The molecule has 0 N–H and O–H groups in total. The number of allylic oxidation sites excluding steroid dienone is 1. The SMILES string of the molecule is C/C1=C(N2CCOCC2)\N=C(\n2c(C(F)F)nc3ccccc32)c2ncn(C3CCCCO3)c2CC1. The standard InChI is InChI=1S/C26H30F2N6O2/c1-17-9-10-20-22(29-16-33(20)21-8-4-5-13-36-21)25(31-24(17)32-11-14-35-15-12-32)34-19-7-3-2-6-18(19)30-26(34)23(27)28/h2-3,6-7,16,21,23H,4-5,8-15H2,1H3/b24-17-,31-25+. The topological polar surface area (TPSA) is 69.7 Å². The van der Waals surface area contributed by atoms with Crippen LogP contribution in [0.3, 0.4) is 0 Å². The third kappa shape index (κ3) is 4.12. The molecule has 3 aliphatic heterocycles. The van der Waals surface area contributed by atoms with E-state index in [2.05, 4.69) is 21.4 Å². The van der Waals surface area contributed by atoms with Crippen molar-refractivity contribution in [2.75, 3.05) is 32.9 Å². The van der Waals surface area contributed by atoms with Crippen molar-refractivity contribution in [2.45, 2.75) is 51.7 Å². The van der Waals surface area contributed by atoms with Gasteiger partial charge >= 0.3 is 0 Å². The van der Waals surface area contributed by atoms with E-state index in [-0.39, 0.29) is 12.1 Å². The van der Waals surface area contributed by atoms with Crippen molar-refractivity contribution in [2.24, 2.45) is 4.99 Å². The molecule has 3 aromatic rings. The van der Waals surface area contributed by atoms with Gasteiger partial charge in [0.1, 0.15) is 17.7 Å². The number of aliphatic imine (C=N–C) groups is 1. The molecule has 1 aromatic carbocycles. The van der Waals surface area contributed by atoms with Gasteiger partial charge in [-0.05, 0) is 56.7 Å². The van der Waals surface area contributed by atoms with Gasteiger partial charge in [-0.15, -0.1) is 0 Å². The maximum atomic E-state index is 14.4. The van der Waals surface area contributed by atoms with Crippen molar-refractivity contribution in [1.82, 2.24) is 24.0 Å². The summed E-state index contributed by atoms with van der Waals surface area (Å²) < 4.78 is 44.0. The smallest absolute Gasteiger partial charge is 0.296 e. The number of halogens is 2. The summed E-state index contributed by atoms with van der Waals surface area (Å²) in [7, 11) is 0. The Balaban J connectivity index is 1.58. The minimum absolute atomic E-state index is 0.104. The number of imidazole rings is 2. The molecule has 0 spiro atoms. The zero-order valence-electron chi connectivity index (χ0n) is 20.4. The Labute approximate surface area is 208 Å². The fourth-order valence-electron chi connectivity index (χ4n) is 5.36. The van der Waals surface area contributed by atoms with Crippen LogP contribution in [0.15, 0.2) is 47.0 Å². The highest BCUT2D eigenvalue weighted by molar-refractivity contribution is 6.05. The van der Waals surface area contributed by atoms with E-state index in [1.807, 2.05) is 6.07 Å². The molecule has 2 aromatic heterocycles. The van der Waals surface area contributed by atoms with Crippen LogP contribution in [0.4, 0.5) is 8.78 Å². The predicted octanol–water partition coefficient (Wildman–Crippen LogP) is 4.67. The Morgan fingerprint density at radius 2 is 1.89 bits per heavy atom. The summed E-state index contributed by atoms with van der Waals surface area (Å²) in [6.45, 7) is 5.41. The molecule has 0 aliphatic carbocycles. The predicted molar refractivity (Wildman–Crippen MR) is 131 cm³/mol. The second-order valence-corrected chi connectivity index (χ2v) is 9.50. The summed E-state index contributed by atoms with van der Waals surface area (Å²) in [6, 6.07) is 7.19. The van der Waals surface area contributed by atoms with Gasteiger partial charge in [0.25, 0.3) is 6.43 Å². The Kier molecular flexibility index (Phi) is 6.30. The Morgan fingerprint density at radius 3 is 2.67 bits per heavy atom. The normalized spacial score (nSPS) is 24.9. The molecule has 0 bridgehead atoms. The molecule has 5 heterocycles. The highest BCUT2D eigenvalue weighted by Crippen LogP contribution is 2.32. The van der Waals surface area contributed by atoms with Crippen molar-refractivity contribution in [1.29, 1.82) is 0 Å². The summed E-state index contributed by atoms with van der Waals surface area (Å²) >= 11 is 0. The summed E-state index contributed by atoms with van der Waals surface area (Å²) in [5.41, 5.74) is 3.76. The van der Waals surface area contributed by atoms with Crippen molar-refractivity contribution in [3.63, 3.8) is 0 Å². The van der Waals surface area contributed by atoms with E-state index in [9.17, 15) is 8.78 Å². The number of alkyl halides is 2. The maximum absolute atomic E-state index is 14.4. The van der Waals surface area contributed by atoms with Gasteiger partial charge in [0.2, 0.25) is 0 Å². The van der Waals surface area contributed by atoms with Gasteiger partial charge in [0, 0.05) is 19.7 Å². The molecule has 6 rings (SSSR count). The molecule has 2 fully saturated rings. The highest BCUT2D eigenvalue weighted by Gasteiger charge is 2.31. The summed E-state index contributed by atoms with van der Waals surface area (Å²) in [4.78, 5) is 16.4. The number of rotatable bonds is 3. The van der Waals surface area contributed by atoms with Crippen LogP contribution < -0.4 is 0 Å². The number of ether oxygens (including phenoxy) is 2. The van der Waals surface area contributed by atoms with Crippen LogP contribution in [0.1, 0.15) is 62.5 Å². The van der Waals surface area contributed by atoms with Gasteiger partial charge in [0.15, 0.2) is 11.7 Å². The van der Waals surface area contributed by atoms with Crippen LogP contribution in [-0.2, 0) is 15.9 Å². The fraction of sp³-hybridized carbons (Fsp3) is 0.500. The third-order valence-corrected chi connectivity index (χ3v) is 7.21.